The van der Waals surface area contributed by atoms with Crippen LogP contribution in [0.25, 0.3) is 0 Å². The van der Waals surface area contributed by atoms with E-state index in [1.807, 2.05) is 12.1 Å². The molecular weight excluding hydrogens is 228 g/mol. The van der Waals surface area contributed by atoms with E-state index in [-0.39, 0.29) is 12.1 Å². The van der Waals surface area contributed by atoms with Crippen molar-refractivity contribution >= 4 is 5.97 Å². The molecule has 0 spiro atoms. The van der Waals surface area contributed by atoms with Crippen LogP contribution in [0.1, 0.15) is 41.9 Å². The summed E-state index contributed by atoms with van der Waals surface area (Å²) in [6.45, 7) is 3.68. The van der Waals surface area contributed by atoms with Gasteiger partial charge in [-0.25, -0.2) is 4.79 Å². The van der Waals surface area contributed by atoms with Crippen molar-refractivity contribution in [1.29, 1.82) is 5.26 Å². The summed E-state index contributed by atoms with van der Waals surface area (Å²) in [5.41, 5.74) is 0.715. The molecule has 0 amide bonds. The number of nitrogens with zero attached hydrogens (tertiary/aromatic N) is 1. The molecule has 0 radical (unpaired) electrons. The molecule has 1 N–H and O–H groups in total. The second-order valence-corrected chi connectivity index (χ2v) is 4.54. The average Bonchev–Trinajstić information content (AvgIpc) is 3.11. The number of nitriles is 1. The lowest BCUT2D eigenvalue weighted by molar-refractivity contribution is 0.0222. The third kappa shape index (κ3) is 3.01. The Balaban J connectivity index is 1.95. The second kappa shape index (κ2) is 5.54. The van der Waals surface area contributed by atoms with Crippen molar-refractivity contribution in [3.05, 3.63) is 36.2 Å². The Bertz CT molecular complexity index is 480. The Labute approximate surface area is 106 Å². The van der Waals surface area contributed by atoms with Crippen LogP contribution in [0.5, 0.6) is 0 Å². The molecule has 0 saturated heterocycles. The molecule has 1 aromatic heterocycles. The van der Waals surface area contributed by atoms with E-state index in [2.05, 4.69) is 11.6 Å². The van der Waals surface area contributed by atoms with E-state index in [0.29, 0.717) is 17.3 Å². The molecule has 1 fully saturated rings. The molecule has 1 aliphatic carbocycles. The summed E-state index contributed by atoms with van der Waals surface area (Å²) in [6.07, 6.45) is 5.75. The second-order valence-electron chi connectivity index (χ2n) is 4.54. The van der Waals surface area contributed by atoms with Crippen molar-refractivity contribution in [2.75, 3.05) is 0 Å². The lowest BCUT2D eigenvalue weighted by Gasteiger charge is -2.16. The highest BCUT2D eigenvalue weighted by atomic mass is 16.5. The molecule has 4 heteroatoms. The molecular formula is C14H16N2O2. The zero-order valence-electron chi connectivity index (χ0n) is 10.2. The molecule has 1 heterocycles. The molecule has 1 saturated carbocycles. The van der Waals surface area contributed by atoms with Gasteiger partial charge in [0.05, 0.1) is 0 Å². The summed E-state index contributed by atoms with van der Waals surface area (Å²) < 4.78 is 5.49. The van der Waals surface area contributed by atoms with Gasteiger partial charge in [0.15, 0.2) is 0 Å². The number of ether oxygens (including phenoxy) is 1. The van der Waals surface area contributed by atoms with E-state index < -0.39 is 0 Å². The Morgan fingerprint density at radius 2 is 2.44 bits per heavy atom. The van der Waals surface area contributed by atoms with Gasteiger partial charge < -0.3 is 9.72 Å². The molecule has 1 aromatic rings. The van der Waals surface area contributed by atoms with Crippen molar-refractivity contribution in [2.24, 2.45) is 5.92 Å². The van der Waals surface area contributed by atoms with Crippen LogP contribution >= 0.6 is 0 Å². The largest absolute Gasteiger partial charge is 0.457 e. The first-order valence-electron chi connectivity index (χ1n) is 6.15. The van der Waals surface area contributed by atoms with Gasteiger partial charge >= 0.3 is 5.97 Å². The Morgan fingerprint density at radius 3 is 3.00 bits per heavy atom. The average molecular weight is 244 g/mol. The number of esters is 1. The van der Waals surface area contributed by atoms with Gasteiger partial charge in [0, 0.05) is 0 Å². The third-order valence-electron chi connectivity index (χ3n) is 3.09. The monoisotopic (exact) mass is 244 g/mol. The van der Waals surface area contributed by atoms with Crippen molar-refractivity contribution in [2.45, 2.75) is 31.8 Å². The standard InChI is InChI=1S/C14H16N2O2/c1-2-3-4-13(10-5-6-10)18-14(17)12-8-7-11(9-15)16-12/h2,7-8,10,13,16H,1,3-6H2. The van der Waals surface area contributed by atoms with Crippen LogP contribution in [0.2, 0.25) is 0 Å². The number of hydrogen-bond donors (Lipinski definition) is 1. The molecule has 1 aliphatic rings. The van der Waals surface area contributed by atoms with E-state index >= 15 is 0 Å². The maximum Gasteiger partial charge on any atom is 0.355 e. The van der Waals surface area contributed by atoms with Crippen LogP contribution in [0, 0.1) is 17.2 Å². The summed E-state index contributed by atoms with van der Waals surface area (Å²) in [4.78, 5) is 14.6. The van der Waals surface area contributed by atoms with Gasteiger partial charge in [-0.2, -0.15) is 5.26 Å². The maximum atomic E-state index is 11.9. The highest BCUT2D eigenvalue weighted by Gasteiger charge is 2.33. The maximum absolute atomic E-state index is 11.9. The molecule has 2 rings (SSSR count). The van der Waals surface area contributed by atoms with Crippen molar-refractivity contribution in [3.63, 3.8) is 0 Å². The van der Waals surface area contributed by atoms with Gasteiger partial charge in [0.1, 0.15) is 23.6 Å². The van der Waals surface area contributed by atoms with Gasteiger partial charge in [0.25, 0.3) is 0 Å². The fourth-order valence-corrected chi connectivity index (χ4v) is 1.92. The fourth-order valence-electron chi connectivity index (χ4n) is 1.92. The number of nitrogens with one attached hydrogen (secondary N) is 1. The highest BCUT2D eigenvalue weighted by Crippen LogP contribution is 2.36. The number of aromatic nitrogens is 1. The molecule has 18 heavy (non-hydrogen) atoms. The molecule has 0 aromatic carbocycles. The molecule has 0 bridgehead atoms. The van der Waals surface area contributed by atoms with E-state index in [4.69, 9.17) is 10.00 Å². The SMILES string of the molecule is C=CCCC(OC(=O)c1ccc(C#N)[nH]1)C1CC1. The highest BCUT2D eigenvalue weighted by molar-refractivity contribution is 5.87. The summed E-state index contributed by atoms with van der Waals surface area (Å²) in [5, 5.41) is 8.68. The van der Waals surface area contributed by atoms with Crippen LogP contribution in [0.3, 0.4) is 0 Å². The zero-order chi connectivity index (χ0) is 13.0. The lowest BCUT2D eigenvalue weighted by atomic mass is 10.1. The van der Waals surface area contributed by atoms with Crippen LogP contribution in [-0.4, -0.2) is 17.1 Å². The quantitative estimate of drug-likeness (QED) is 0.618. The van der Waals surface area contributed by atoms with E-state index in [0.717, 1.165) is 25.7 Å². The van der Waals surface area contributed by atoms with Crippen LogP contribution in [0.4, 0.5) is 0 Å². The number of allylic oxidation sites excluding steroid dienone is 1. The predicted octanol–water partition coefficient (Wildman–Crippen LogP) is 2.79. The van der Waals surface area contributed by atoms with Gasteiger partial charge in [-0.05, 0) is 43.7 Å². The number of carbonyl (C=O) groups excluding carboxylic acids is 1. The van der Waals surface area contributed by atoms with Crippen LogP contribution < -0.4 is 0 Å². The van der Waals surface area contributed by atoms with E-state index in [9.17, 15) is 4.79 Å². The fraction of sp³-hybridized carbons (Fsp3) is 0.429. The molecule has 4 nitrogen and oxygen atoms in total. The molecule has 1 unspecified atom stereocenters. The molecule has 94 valence electrons. The Morgan fingerprint density at radius 1 is 1.67 bits per heavy atom. The summed E-state index contributed by atoms with van der Waals surface area (Å²) in [7, 11) is 0. The summed E-state index contributed by atoms with van der Waals surface area (Å²) >= 11 is 0. The minimum Gasteiger partial charge on any atom is -0.457 e. The summed E-state index contributed by atoms with van der Waals surface area (Å²) in [5.74, 6) is 0.122. The number of aromatic amines is 1. The van der Waals surface area contributed by atoms with Crippen molar-refractivity contribution in [1.82, 2.24) is 4.98 Å². The van der Waals surface area contributed by atoms with Gasteiger partial charge in [-0.3, -0.25) is 0 Å². The number of hydrogen-bond acceptors (Lipinski definition) is 3. The third-order valence-corrected chi connectivity index (χ3v) is 3.09. The van der Waals surface area contributed by atoms with Crippen LogP contribution in [0.15, 0.2) is 24.8 Å². The van der Waals surface area contributed by atoms with Gasteiger partial charge in [-0.15, -0.1) is 6.58 Å². The molecule has 1 atom stereocenters. The van der Waals surface area contributed by atoms with Crippen molar-refractivity contribution in [3.8, 4) is 6.07 Å². The number of rotatable bonds is 6. The van der Waals surface area contributed by atoms with Gasteiger partial charge in [-0.1, -0.05) is 6.08 Å². The normalized spacial score (nSPS) is 15.7. The minimum atomic E-state index is -0.377. The Kier molecular flexibility index (Phi) is 3.83. The predicted molar refractivity (Wildman–Crippen MR) is 66.9 cm³/mol. The number of carbonyl (C=O) groups is 1. The molecule has 0 aliphatic heterocycles. The Hall–Kier alpha value is -2.02. The smallest absolute Gasteiger partial charge is 0.355 e. The lowest BCUT2D eigenvalue weighted by Crippen LogP contribution is -2.20. The van der Waals surface area contributed by atoms with Crippen LogP contribution in [-0.2, 0) is 4.74 Å². The summed E-state index contributed by atoms with van der Waals surface area (Å²) in [6, 6.07) is 5.11. The number of H-pyrrole nitrogens is 1. The topological polar surface area (TPSA) is 65.9 Å². The first kappa shape index (κ1) is 12.4. The van der Waals surface area contributed by atoms with E-state index in [1.165, 1.54) is 0 Å². The zero-order valence-corrected chi connectivity index (χ0v) is 10.2. The minimum absolute atomic E-state index is 0.0238. The first-order chi connectivity index (χ1) is 8.74. The van der Waals surface area contributed by atoms with Gasteiger partial charge in [0.2, 0.25) is 0 Å². The van der Waals surface area contributed by atoms with E-state index in [1.54, 1.807) is 12.1 Å². The van der Waals surface area contributed by atoms with Crippen molar-refractivity contribution < 1.29 is 9.53 Å². The first-order valence-corrected chi connectivity index (χ1v) is 6.15.